The number of aromatic nitrogens is 3. The Morgan fingerprint density at radius 3 is 2.54 bits per heavy atom. The van der Waals surface area contributed by atoms with Gasteiger partial charge in [0, 0.05) is 86.1 Å². The highest BCUT2D eigenvalue weighted by atomic mass is 19.3. The normalized spacial score (nSPS) is 24.2. The van der Waals surface area contributed by atoms with Gasteiger partial charge in [0.1, 0.15) is 5.65 Å². The monoisotopic (exact) mass is 556 g/mol. The summed E-state index contributed by atoms with van der Waals surface area (Å²) in [6.07, 6.45) is 20.4. The number of hydrogen-bond donors (Lipinski definition) is 0. The van der Waals surface area contributed by atoms with Crippen molar-refractivity contribution in [2.45, 2.75) is 70.4 Å². The van der Waals surface area contributed by atoms with Gasteiger partial charge in [-0.1, -0.05) is 31.9 Å². The maximum atomic E-state index is 13.5. The van der Waals surface area contributed by atoms with Crippen molar-refractivity contribution in [3.8, 4) is 0 Å². The zero-order valence-corrected chi connectivity index (χ0v) is 23.7. The number of nitrogens with zero attached hydrogens (tertiary/aromatic N) is 6. The molecule has 2 saturated carbocycles. The van der Waals surface area contributed by atoms with Gasteiger partial charge in [0.15, 0.2) is 0 Å². The lowest BCUT2D eigenvalue weighted by Gasteiger charge is -2.54. The maximum absolute atomic E-state index is 13.5. The first-order valence-electron chi connectivity index (χ1n) is 15.2. The van der Waals surface area contributed by atoms with Gasteiger partial charge in [0.2, 0.25) is 5.92 Å². The van der Waals surface area contributed by atoms with Gasteiger partial charge in [-0.2, -0.15) is 0 Å². The second-order valence-corrected chi connectivity index (χ2v) is 13.6. The van der Waals surface area contributed by atoms with Crippen molar-refractivity contribution < 1.29 is 8.78 Å². The van der Waals surface area contributed by atoms with Crippen LogP contribution in [0.3, 0.4) is 0 Å². The zero-order valence-electron chi connectivity index (χ0n) is 23.7. The average Bonchev–Trinajstić information content (AvgIpc) is 3.51. The zero-order chi connectivity index (χ0) is 27.8. The van der Waals surface area contributed by atoms with Crippen LogP contribution in [0.1, 0.15) is 73.8 Å². The van der Waals surface area contributed by atoms with Crippen LogP contribution in [0.25, 0.3) is 17.4 Å². The molecule has 4 fully saturated rings. The van der Waals surface area contributed by atoms with Gasteiger partial charge in [-0.3, -0.25) is 9.88 Å². The van der Waals surface area contributed by atoms with Gasteiger partial charge in [-0.15, -0.1) is 0 Å². The molecule has 0 bridgehead atoms. The van der Waals surface area contributed by atoms with Crippen molar-refractivity contribution in [1.29, 1.82) is 0 Å². The molecule has 0 unspecified atom stereocenters. The van der Waals surface area contributed by atoms with Gasteiger partial charge in [-0.05, 0) is 48.9 Å². The molecule has 6 heterocycles. The molecule has 0 radical (unpaired) electrons. The second-order valence-electron chi connectivity index (χ2n) is 13.6. The van der Waals surface area contributed by atoms with Crippen LogP contribution in [0.15, 0.2) is 49.7 Å². The number of likely N-dealkylation sites (tertiary alicyclic amines) is 1. The number of rotatable bonds is 5. The Morgan fingerprint density at radius 1 is 0.902 bits per heavy atom. The van der Waals surface area contributed by atoms with E-state index in [2.05, 4.69) is 67.5 Å². The fourth-order valence-electron chi connectivity index (χ4n) is 8.42. The summed E-state index contributed by atoms with van der Waals surface area (Å²) in [4.78, 5) is 16.5. The third kappa shape index (κ3) is 4.46. The largest absolute Gasteiger partial charge is 0.369 e. The number of halogens is 2. The molecule has 3 aromatic heterocycles. The van der Waals surface area contributed by atoms with E-state index in [0.717, 1.165) is 61.7 Å². The summed E-state index contributed by atoms with van der Waals surface area (Å²) < 4.78 is 29.1. The Hall–Kier alpha value is -3.26. The van der Waals surface area contributed by atoms with E-state index in [1.807, 2.05) is 12.4 Å². The topological polar surface area (TPSA) is 39.9 Å². The molecule has 8 heteroatoms. The van der Waals surface area contributed by atoms with Crippen LogP contribution >= 0.6 is 0 Å². The Labute approximate surface area is 240 Å². The SMILES string of the molecule is C=C1c2cncc(N3CC4(CCCCC4)C3)c2C=CN1Cc1cn2cc(CN3CCC4(C3)CC(F)(F)C4)ccc2n1. The molecular formula is C33H38F2N6. The Bertz CT molecular complexity index is 1530. The lowest BCUT2D eigenvalue weighted by atomic mass is 9.65. The van der Waals surface area contributed by atoms with Crippen molar-refractivity contribution in [2.24, 2.45) is 10.8 Å². The molecule has 0 N–H and O–H groups in total. The third-order valence-corrected chi connectivity index (χ3v) is 10.4. The second kappa shape index (κ2) is 9.12. The molecule has 3 aliphatic heterocycles. The van der Waals surface area contributed by atoms with Crippen LogP contribution in [-0.4, -0.2) is 56.3 Å². The van der Waals surface area contributed by atoms with Crippen LogP contribution < -0.4 is 4.90 Å². The van der Waals surface area contributed by atoms with Gasteiger partial charge in [-0.25, -0.2) is 13.8 Å². The average molecular weight is 557 g/mol. The molecule has 41 heavy (non-hydrogen) atoms. The van der Waals surface area contributed by atoms with Crippen molar-refractivity contribution in [3.05, 3.63) is 72.1 Å². The fraction of sp³-hybridized carbons (Fsp3) is 0.515. The number of fused-ring (bicyclic) bond motifs is 2. The lowest BCUT2D eigenvalue weighted by Crippen LogP contribution is -2.57. The van der Waals surface area contributed by atoms with Crippen LogP contribution in [0.5, 0.6) is 0 Å². The fourth-order valence-corrected chi connectivity index (χ4v) is 8.42. The van der Waals surface area contributed by atoms with Crippen LogP contribution in [-0.2, 0) is 13.1 Å². The molecule has 5 aliphatic rings. The predicted molar refractivity (Wildman–Crippen MR) is 157 cm³/mol. The van der Waals surface area contributed by atoms with E-state index in [-0.39, 0.29) is 18.3 Å². The quantitative estimate of drug-likeness (QED) is 0.355. The predicted octanol–water partition coefficient (Wildman–Crippen LogP) is 6.58. The smallest absolute Gasteiger partial charge is 0.249 e. The molecule has 0 atom stereocenters. The highest BCUT2D eigenvalue weighted by molar-refractivity contribution is 5.83. The minimum Gasteiger partial charge on any atom is -0.369 e. The summed E-state index contributed by atoms with van der Waals surface area (Å²) in [6, 6.07) is 4.17. The molecule has 2 aliphatic carbocycles. The standard InChI is InChI=1S/C33H38F2N6/c1-24-28-13-36-14-29(41-22-31(23-41)8-3-2-4-9-31)27(28)7-11-39(24)17-26-18-40-16-25(5-6-30(40)37-26)15-38-12-10-32(21-38)19-33(34,35)20-32/h5-7,11,13-14,16,18H,1-4,8-10,12,15,17,19-23H2. The van der Waals surface area contributed by atoms with E-state index in [4.69, 9.17) is 4.98 Å². The summed E-state index contributed by atoms with van der Waals surface area (Å²) in [5.41, 5.74) is 7.91. The van der Waals surface area contributed by atoms with Crippen molar-refractivity contribution in [3.63, 3.8) is 0 Å². The van der Waals surface area contributed by atoms with Crippen LogP contribution in [0.2, 0.25) is 0 Å². The first kappa shape index (κ1) is 25.5. The maximum Gasteiger partial charge on any atom is 0.249 e. The minimum atomic E-state index is -2.45. The molecule has 0 aromatic carbocycles. The van der Waals surface area contributed by atoms with Gasteiger partial charge in [0.05, 0.1) is 24.1 Å². The molecular weight excluding hydrogens is 518 g/mol. The van der Waals surface area contributed by atoms with E-state index < -0.39 is 5.92 Å². The molecule has 3 aromatic rings. The highest BCUT2D eigenvalue weighted by Gasteiger charge is 2.58. The molecule has 6 nitrogen and oxygen atoms in total. The minimum absolute atomic E-state index is 0.0530. The van der Waals surface area contributed by atoms with Gasteiger partial charge in [0.25, 0.3) is 0 Å². The number of anilines is 1. The van der Waals surface area contributed by atoms with E-state index in [9.17, 15) is 8.78 Å². The van der Waals surface area contributed by atoms with Crippen LogP contribution in [0.4, 0.5) is 14.5 Å². The number of imidazole rings is 1. The lowest BCUT2D eigenvalue weighted by molar-refractivity contribution is -0.155. The Balaban J connectivity index is 0.941. The molecule has 2 saturated heterocycles. The summed E-state index contributed by atoms with van der Waals surface area (Å²) in [7, 11) is 0. The molecule has 2 spiro atoms. The first-order valence-corrected chi connectivity index (χ1v) is 15.2. The van der Waals surface area contributed by atoms with Gasteiger partial charge >= 0.3 is 0 Å². The number of alkyl halides is 2. The Morgan fingerprint density at radius 2 is 1.73 bits per heavy atom. The van der Waals surface area contributed by atoms with Crippen LogP contribution in [0, 0.1) is 10.8 Å². The van der Waals surface area contributed by atoms with E-state index >= 15 is 0 Å². The summed E-state index contributed by atoms with van der Waals surface area (Å²) in [5, 5.41) is 0. The van der Waals surface area contributed by atoms with Crippen molar-refractivity contribution >= 4 is 23.1 Å². The molecule has 214 valence electrons. The van der Waals surface area contributed by atoms with E-state index in [1.54, 1.807) is 0 Å². The third-order valence-electron chi connectivity index (χ3n) is 10.4. The summed E-state index contributed by atoms with van der Waals surface area (Å²) >= 11 is 0. The van der Waals surface area contributed by atoms with E-state index in [0.29, 0.717) is 12.0 Å². The van der Waals surface area contributed by atoms with Crippen molar-refractivity contribution in [2.75, 3.05) is 31.1 Å². The molecule has 8 rings (SSSR count). The molecule has 0 amide bonds. The van der Waals surface area contributed by atoms with Crippen molar-refractivity contribution in [1.82, 2.24) is 24.2 Å². The Kier molecular flexibility index (Phi) is 5.66. The number of hydrogen-bond acceptors (Lipinski definition) is 5. The first-order chi connectivity index (χ1) is 19.8. The van der Waals surface area contributed by atoms with E-state index in [1.165, 1.54) is 48.9 Å². The summed E-state index contributed by atoms with van der Waals surface area (Å²) in [5.74, 6) is -2.45. The summed E-state index contributed by atoms with van der Waals surface area (Å²) in [6.45, 7) is 9.82. The van der Waals surface area contributed by atoms with Gasteiger partial charge < -0.3 is 14.2 Å². The highest BCUT2D eigenvalue weighted by Crippen LogP contribution is 2.56. The number of pyridine rings is 2.